The minimum Gasteiger partial charge on any atom is -0.337 e. The Kier molecular flexibility index (Phi) is 3.76. The molecule has 0 saturated heterocycles. The summed E-state index contributed by atoms with van der Waals surface area (Å²) < 4.78 is 45.6. The van der Waals surface area contributed by atoms with Crippen LogP contribution < -0.4 is 10.0 Å². The molecule has 1 amide bonds. The number of hydrogen-bond acceptors (Lipinski definition) is 6. The Morgan fingerprint density at radius 2 is 2.17 bits per heavy atom. The number of benzene rings is 1. The lowest BCUT2D eigenvalue weighted by atomic mass is 10.0. The minimum absolute atomic E-state index is 0.219. The molecule has 0 fully saturated rings. The van der Waals surface area contributed by atoms with Gasteiger partial charge in [-0.05, 0) is 29.3 Å². The van der Waals surface area contributed by atoms with Crippen LogP contribution >= 0.6 is 0 Å². The number of rotatable bonds is 4. The quantitative estimate of drug-likeness (QED) is 0.871. The molecule has 0 unspecified atom stereocenters. The second-order valence-electron chi connectivity index (χ2n) is 4.96. The number of anilines is 2. The van der Waals surface area contributed by atoms with Crippen molar-refractivity contribution in [1.29, 1.82) is 0 Å². The second-order valence-corrected chi connectivity index (χ2v) is 6.61. The lowest BCUT2D eigenvalue weighted by molar-refractivity contribution is -0.116. The van der Waals surface area contributed by atoms with E-state index in [9.17, 15) is 17.6 Å². The highest BCUT2D eigenvalue weighted by Crippen LogP contribution is 2.28. The van der Waals surface area contributed by atoms with E-state index >= 15 is 0 Å². The van der Waals surface area contributed by atoms with Crippen molar-refractivity contribution in [3.63, 3.8) is 0 Å². The van der Waals surface area contributed by atoms with Gasteiger partial charge in [0.25, 0.3) is 16.0 Å². The van der Waals surface area contributed by atoms with Crippen LogP contribution in [-0.4, -0.2) is 24.5 Å². The molecule has 23 heavy (non-hydrogen) atoms. The molecule has 10 heteroatoms. The molecular weight excluding hydrogens is 327 g/mol. The van der Waals surface area contributed by atoms with Crippen molar-refractivity contribution in [2.75, 3.05) is 10.0 Å². The number of sulfonamides is 1. The fourth-order valence-electron chi connectivity index (χ4n) is 2.20. The van der Waals surface area contributed by atoms with Crippen LogP contribution in [-0.2, 0) is 27.7 Å². The van der Waals surface area contributed by atoms with Crippen molar-refractivity contribution in [3.05, 3.63) is 29.4 Å². The van der Waals surface area contributed by atoms with Crippen molar-refractivity contribution < 1.29 is 22.1 Å². The van der Waals surface area contributed by atoms with Crippen LogP contribution in [0.1, 0.15) is 24.8 Å². The molecule has 1 aliphatic heterocycles. The topological polar surface area (TPSA) is 114 Å². The van der Waals surface area contributed by atoms with E-state index in [1.807, 2.05) is 0 Å². The number of nitrogens with zero attached hydrogens (tertiary/aromatic N) is 2. The van der Waals surface area contributed by atoms with E-state index in [1.54, 1.807) is 6.92 Å². The van der Waals surface area contributed by atoms with Crippen molar-refractivity contribution in [3.8, 4) is 0 Å². The monoisotopic (exact) mass is 340 g/mol. The van der Waals surface area contributed by atoms with Crippen LogP contribution in [0.4, 0.5) is 16.0 Å². The van der Waals surface area contributed by atoms with Gasteiger partial charge in [0.1, 0.15) is 10.7 Å². The van der Waals surface area contributed by atoms with Crippen molar-refractivity contribution in [2.24, 2.45) is 0 Å². The Labute approximate surface area is 131 Å². The maximum atomic E-state index is 14.1. The second kappa shape index (κ2) is 5.61. The van der Waals surface area contributed by atoms with E-state index < -0.39 is 20.7 Å². The van der Waals surface area contributed by atoms with Gasteiger partial charge in [-0.25, -0.2) is 17.5 Å². The summed E-state index contributed by atoms with van der Waals surface area (Å²) in [6.45, 7) is 1.77. The number of aryl methyl sites for hydroxylation is 2. The average Bonchev–Trinajstić information content (AvgIpc) is 2.93. The zero-order chi connectivity index (χ0) is 16.6. The summed E-state index contributed by atoms with van der Waals surface area (Å²) in [6, 6.07) is 2.20. The van der Waals surface area contributed by atoms with Crippen LogP contribution in [0.15, 0.2) is 21.6 Å². The molecule has 3 rings (SSSR count). The number of carbonyl (C=O) groups excluding carboxylic acids is 1. The molecule has 0 aliphatic carbocycles. The van der Waals surface area contributed by atoms with Crippen LogP contribution in [0.3, 0.4) is 0 Å². The molecule has 1 aliphatic rings. The molecule has 1 aromatic carbocycles. The highest BCUT2D eigenvalue weighted by atomic mass is 32.2. The lowest BCUT2D eigenvalue weighted by Crippen LogP contribution is -2.21. The summed E-state index contributed by atoms with van der Waals surface area (Å²) in [5.41, 5.74) is 0.833. The van der Waals surface area contributed by atoms with Gasteiger partial charge < -0.3 is 9.84 Å². The van der Waals surface area contributed by atoms with Crippen LogP contribution in [0.2, 0.25) is 0 Å². The first-order valence-corrected chi connectivity index (χ1v) is 8.35. The Morgan fingerprint density at radius 3 is 2.87 bits per heavy atom. The number of halogens is 1. The highest BCUT2D eigenvalue weighted by molar-refractivity contribution is 7.92. The first kappa shape index (κ1) is 15.4. The van der Waals surface area contributed by atoms with E-state index in [0.29, 0.717) is 18.4 Å². The Balaban J connectivity index is 1.95. The SMILES string of the molecule is CCc1nc(NS(=O)(=O)c2cc3c(cc2F)NC(=O)CC3)no1. The molecule has 0 radical (unpaired) electrons. The third-order valence-corrected chi connectivity index (χ3v) is 4.68. The van der Waals surface area contributed by atoms with Crippen molar-refractivity contribution in [2.45, 2.75) is 31.1 Å². The summed E-state index contributed by atoms with van der Waals surface area (Å²) in [7, 11) is -4.21. The molecule has 122 valence electrons. The minimum atomic E-state index is -4.21. The van der Waals surface area contributed by atoms with Crippen LogP contribution in [0.25, 0.3) is 0 Å². The fourth-order valence-corrected chi connectivity index (χ4v) is 3.25. The summed E-state index contributed by atoms with van der Waals surface area (Å²) in [5.74, 6) is -1.20. The standard InChI is InChI=1S/C13H13FN4O4S/c1-2-12-16-13(17-22-12)18-23(20,21)10-5-7-3-4-11(19)15-9(7)6-8(10)14/h5-6H,2-4H2,1H3,(H,15,19)(H,17,18). The summed E-state index contributed by atoms with van der Waals surface area (Å²) in [4.78, 5) is 14.6. The van der Waals surface area contributed by atoms with E-state index in [1.165, 1.54) is 6.07 Å². The normalized spacial score (nSPS) is 14.3. The van der Waals surface area contributed by atoms with Gasteiger partial charge in [0.15, 0.2) is 0 Å². The summed E-state index contributed by atoms with van der Waals surface area (Å²) in [5, 5.41) is 5.98. The first-order chi connectivity index (χ1) is 10.9. The third-order valence-electron chi connectivity index (χ3n) is 3.34. The molecular formula is C13H13FN4O4S. The van der Waals surface area contributed by atoms with Gasteiger partial charge in [-0.15, -0.1) is 0 Å². The molecule has 0 spiro atoms. The van der Waals surface area contributed by atoms with Gasteiger partial charge in [-0.2, -0.15) is 4.98 Å². The number of fused-ring (bicyclic) bond motifs is 1. The number of carbonyl (C=O) groups is 1. The zero-order valence-electron chi connectivity index (χ0n) is 12.1. The van der Waals surface area contributed by atoms with Crippen LogP contribution in [0, 0.1) is 5.82 Å². The molecule has 0 atom stereocenters. The Bertz CT molecular complexity index is 878. The van der Waals surface area contributed by atoms with Crippen molar-refractivity contribution in [1.82, 2.24) is 10.1 Å². The zero-order valence-corrected chi connectivity index (χ0v) is 12.9. The smallest absolute Gasteiger partial charge is 0.277 e. The predicted molar refractivity (Wildman–Crippen MR) is 77.8 cm³/mol. The lowest BCUT2D eigenvalue weighted by Gasteiger charge is -2.18. The highest BCUT2D eigenvalue weighted by Gasteiger charge is 2.25. The van der Waals surface area contributed by atoms with Crippen molar-refractivity contribution >= 4 is 27.6 Å². The van der Waals surface area contributed by atoms with E-state index in [-0.39, 0.29) is 29.9 Å². The fraction of sp³-hybridized carbons (Fsp3) is 0.308. The number of aromatic nitrogens is 2. The molecule has 2 aromatic rings. The number of hydrogen-bond donors (Lipinski definition) is 2. The largest absolute Gasteiger partial charge is 0.337 e. The van der Waals surface area contributed by atoms with Crippen LogP contribution in [0.5, 0.6) is 0 Å². The van der Waals surface area contributed by atoms with E-state index in [0.717, 1.165) is 6.07 Å². The molecule has 2 N–H and O–H groups in total. The summed E-state index contributed by atoms with van der Waals surface area (Å²) in [6.07, 6.45) is 1.00. The maximum absolute atomic E-state index is 14.1. The maximum Gasteiger partial charge on any atom is 0.277 e. The van der Waals surface area contributed by atoms with Gasteiger partial charge in [0.05, 0.1) is 0 Å². The number of amides is 1. The van der Waals surface area contributed by atoms with E-state index in [4.69, 9.17) is 4.52 Å². The third kappa shape index (κ3) is 3.02. The Morgan fingerprint density at radius 1 is 1.39 bits per heavy atom. The molecule has 0 bridgehead atoms. The van der Waals surface area contributed by atoms with Gasteiger partial charge in [0.2, 0.25) is 11.8 Å². The molecule has 8 nitrogen and oxygen atoms in total. The van der Waals surface area contributed by atoms with Gasteiger partial charge in [-0.3, -0.25) is 4.79 Å². The number of nitrogens with one attached hydrogen (secondary N) is 2. The summed E-state index contributed by atoms with van der Waals surface area (Å²) >= 11 is 0. The molecule has 2 heterocycles. The predicted octanol–water partition coefficient (Wildman–Crippen LogP) is 1.46. The Hall–Kier alpha value is -2.49. The molecule has 1 aromatic heterocycles. The van der Waals surface area contributed by atoms with E-state index in [2.05, 4.69) is 20.2 Å². The van der Waals surface area contributed by atoms with Gasteiger partial charge in [-0.1, -0.05) is 6.92 Å². The first-order valence-electron chi connectivity index (χ1n) is 6.86. The van der Waals surface area contributed by atoms with Gasteiger partial charge in [0, 0.05) is 18.5 Å². The molecule has 0 saturated carbocycles. The average molecular weight is 340 g/mol. The van der Waals surface area contributed by atoms with Gasteiger partial charge >= 0.3 is 0 Å².